The van der Waals surface area contributed by atoms with Gasteiger partial charge in [-0.3, -0.25) is 0 Å². The van der Waals surface area contributed by atoms with E-state index in [9.17, 15) is 0 Å². The lowest BCUT2D eigenvalue weighted by molar-refractivity contribution is -0.0397. The Kier molecular flexibility index (Phi) is 7.34. The molecule has 12 rings (SSSR count). The standard InChI is InChI=1S/C54H53N/c1-52(2)26-27-53(3,4)50-34-44(23-25-48(50)52)55(42-20-18-38(19-21-42)37-12-7-5-8-13-37)43-22-24-46-47-17-11-16-45(39-14-9-6-10-15-39)51(47)54(49(46)33-43)40-29-35-28-36(31-40)32-41(54)30-35/h5-25,33-36,40-41H,26-32H2,1-4H3. The molecule has 0 saturated heterocycles. The van der Waals surface area contributed by atoms with E-state index in [1.807, 2.05) is 0 Å². The van der Waals surface area contributed by atoms with E-state index in [1.165, 1.54) is 107 Å². The third kappa shape index (κ3) is 4.97. The second-order valence-electron chi connectivity index (χ2n) is 19.2. The second kappa shape index (κ2) is 12.1. The van der Waals surface area contributed by atoms with Gasteiger partial charge in [-0.15, -0.1) is 0 Å². The largest absolute Gasteiger partial charge is 0.310 e. The Hall–Kier alpha value is -4.88. The lowest BCUT2D eigenvalue weighted by Crippen LogP contribution is -2.55. The Morgan fingerprint density at radius 1 is 0.418 bits per heavy atom. The number of hydrogen-bond acceptors (Lipinski definition) is 1. The van der Waals surface area contributed by atoms with Gasteiger partial charge in [0.2, 0.25) is 0 Å². The van der Waals surface area contributed by atoms with Crippen LogP contribution in [0.25, 0.3) is 33.4 Å². The summed E-state index contributed by atoms with van der Waals surface area (Å²) in [5, 5.41) is 0. The van der Waals surface area contributed by atoms with E-state index >= 15 is 0 Å². The average Bonchev–Trinajstić information content (AvgIpc) is 3.50. The highest BCUT2D eigenvalue weighted by molar-refractivity contribution is 5.91. The Morgan fingerprint density at radius 3 is 1.60 bits per heavy atom. The molecule has 4 saturated carbocycles. The predicted molar refractivity (Wildman–Crippen MR) is 231 cm³/mol. The molecule has 0 aromatic heterocycles. The van der Waals surface area contributed by atoms with Gasteiger partial charge in [0.05, 0.1) is 0 Å². The van der Waals surface area contributed by atoms with Crippen LogP contribution < -0.4 is 4.90 Å². The molecule has 0 radical (unpaired) electrons. The van der Waals surface area contributed by atoms with E-state index in [0.717, 1.165) is 11.8 Å². The summed E-state index contributed by atoms with van der Waals surface area (Å²) in [5.74, 6) is 3.18. The number of fused-ring (bicyclic) bond motifs is 4. The zero-order valence-corrected chi connectivity index (χ0v) is 33.0. The molecule has 4 bridgehead atoms. The lowest BCUT2D eigenvalue weighted by atomic mass is 9.42. The Labute approximate surface area is 328 Å². The molecule has 0 aliphatic heterocycles. The van der Waals surface area contributed by atoms with Crippen molar-refractivity contribution in [3.63, 3.8) is 0 Å². The van der Waals surface area contributed by atoms with Gasteiger partial charge in [0.1, 0.15) is 0 Å². The Balaban J connectivity index is 1.13. The van der Waals surface area contributed by atoms with Gasteiger partial charge in [0, 0.05) is 22.5 Å². The molecule has 4 fully saturated rings. The van der Waals surface area contributed by atoms with E-state index in [0.29, 0.717) is 11.8 Å². The quantitative estimate of drug-likeness (QED) is 0.172. The van der Waals surface area contributed by atoms with Gasteiger partial charge in [0.25, 0.3) is 0 Å². The van der Waals surface area contributed by atoms with Crippen molar-refractivity contribution in [1.82, 2.24) is 0 Å². The van der Waals surface area contributed by atoms with E-state index in [4.69, 9.17) is 0 Å². The van der Waals surface area contributed by atoms with Crippen molar-refractivity contribution in [3.8, 4) is 33.4 Å². The topological polar surface area (TPSA) is 3.24 Å². The molecule has 0 unspecified atom stereocenters. The average molecular weight is 716 g/mol. The van der Waals surface area contributed by atoms with Crippen molar-refractivity contribution < 1.29 is 0 Å². The minimum Gasteiger partial charge on any atom is -0.310 e. The molecule has 1 spiro atoms. The third-order valence-electron chi connectivity index (χ3n) is 15.3. The molecule has 6 aliphatic rings. The molecule has 1 heteroatoms. The molecule has 55 heavy (non-hydrogen) atoms. The summed E-state index contributed by atoms with van der Waals surface area (Å²) < 4.78 is 0. The summed E-state index contributed by atoms with van der Waals surface area (Å²) >= 11 is 0. The number of nitrogens with zero attached hydrogens (tertiary/aromatic N) is 1. The van der Waals surface area contributed by atoms with Crippen molar-refractivity contribution in [2.75, 3.05) is 4.90 Å². The zero-order valence-electron chi connectivity index (χ0n) is 33.0. The van der Waals surface area contributed by atoms with Crippen LogP contribution in [-0.4, -0.2) is 0 Å². The lowest BCUT2D eigenvalue weighted by Gasteiger charge is -2.61. The van der Waals surface area contributed by atoms with E-state index in [2.05, 4.69) is 172 Å². The summed E-state index contributed by atoms with van der Waals surface area (Å²) in [6, 6.07) is 53.7. The minimum absolute atomic E-state index is 0.0469. The smallest absolute Gasteiger partial charge is 0.0465 e. The van der Waals surface area contributed by atoms with Crippen molar-refractivity contribution >= 4 is 17.1 Å². The van der Waals surface area contributed by atoms with Crippen LogP contribution in [0.1, 0.15) is 94.9 Å². The van der Waals surface area contributed by atoms with Crippen molar-refractivity contribution in [2.45, 2.75) is 88.9 Å². The number of rotatable bonds is 5. The molecule has 6 aromatic carbocycles. The van der Waals surface area contributed by atoms with Crippen LogP contribution in [-0.2, 0) is 16.2 Å². The zero-order chi connectivity index (χ0) is 37.1. The van der Waals surface area contributed by atoms with Crippen LogP contribution in [0, 0.1) is 23.7 Å². The maximum absolute atomic E-state index is 2.67. The van der Waals surface area contributed by atoms with Crippen molar-refractivity contribution in [3.05, 3.63) is 162 Å². The summed E-state index contributed by atoms with van der Waals surface area (Å²) in [7, 11) is 0. The Bertz CT molecular complexity index is 2400. The van der Waals surface area contributed by atoms with Crippen LogP contribution in [0.3, 0.4) is 0 Å². The fourth-order valence-electron chi connectivity index (χ4n) is 12.8. The fraction of sp³-hybridized carbons (Fsp3) is 0.333. The maximum atomic E-state index is 2.67. The second-order valence-corrected chi connectivity index (χ2v) is 19.2. The van der Waals surface area contributed by atoms with Crippen LogP contribution >= 0.6 is 0 Å². The van der Waals surface area contributed by atoms with Gasteiger partial charge >= 0.3 is 0 Å². The highest BCUT2D eigenvalue weighted by Crippen LogP contribution is 2.71. The number of benzene rings is 6. The molecule has 6 aromatic rings. The highest BCUT2D eigenvalue weighted by Gasteiger charge is 2.62. The first kappa shape index (κ1) is 33.5. The highest BCUT2D eigenvalue weighted by atomic mass is 15.1. The maximum Gasteiger partial charge on any atom is 0.0465 e. The first-order chi connectivity index (χ1) is 26.7. The van der Waals surface area contributed by atoms with Gasteiger partial charge in [-0.25, -0.2) is 0 Å². The molecule has 274 valence electrons. The molecule has 0 heterocycles. The monoisotopic (exact) mass is 715 g/mol. The third-order valence-corrected chi connectivity index (χ3v) is 15.3. The summed E-state index contributed by atoms with van der Waals surface area (Å²) in [5.41, 5.74) is 18.6. The van der Waals surface area contributed by atoms with E-state index < -0.39 is 0 Å². The van der Waals surface area contributed by atoms with Gasteiger partial charge in [-0.2, -0.15) is 0 Å². The van der Waals surface area contributed by atoms with Crippen LogP contribution in [0.5, 0.6) is 0 Å². The van der Waals surface area contributed by atoms with Gasteiger partial charge in [0.15, 0.2) is 0 Å². The van der Waals surface area contributed by atoms with Gasteiger partial charge in [-0.1, -0.05) is 131 Å². The summed E-state index contributed by atoms with van der Waals surface area (Å²) in [6.45, 7) is 9.79. The Morgan fingerprint density at radius 2 is 0.945 bits per heavy atom. The first-order valence-corrected chi connectivity index (χ1v) is 21.2. The number of anilines is 3. The minimum atomic E-state index is 0.0469. The normalized spacial score (nSPS) is 26.0. The predicted octanol–water partition coefficient (Wildman–Crippen LogP) is 14.6. The molecule has 0 atom stereocenters. The van der Waals surface area contributed by atoms with Crippen LogP contribution in [0.15, 0.2) is 140 Å². The first-order valence-electron chi connectivity index (χ1n) is 21.2. The molecular formula is C54H53N. The van der Waals surface area contributed by atoms with E-state index in [1.54, 1.807) is 11.1 Å². The number of hydrogen-bond donors (Lipinski definition) is 0. The molecule has 1 nitrogen and oxygen atoms in total. The van der Waals surface area contributed by atoms with Crippen molar-refractivity contribution in [2.24, 2.45) is 23.7 Å². The fourth-order valence-corrected chi connectivity index (χ4v) is 12.8. The molecule has 0 N–H and O–H groups in total. The van der Waals surface area contributed by atoms with Gasteiger partial charge < -0.3 is 4.90 Å². The molecule has 0 amide bonds. The summed E-state index contributed by atoms with van der Waals surface area (Å²) in [4.78, 5) is 2.58. The molecular weight excluding hydrogens is 663 g/mol. The molecule has 6 aliphatic carbocycles. The van der Waals surface area contributed by atoms with Gasteiger partial charge in [-0.05, 0) is 171 Å². The van der Waals surface area contributed by atoms with Crippen molar-refractivity contribution in [1.29, 1.82) is 0 Å². The van der Waals surface area contributed by atoms with Crippen LogP contribution in [0.4, 0.5) is 17.1 Å². The summed E-state index contributed by atoms with van der Waals surface area (Å²) in [6.07, 6.45) is 9.38. The van der Waals surface area contributed by atoms with E-state index in [-0.39, 0.29) is 16.2 Å². The van der Waals surface area contributed by atoms with Crippen LogP contribution in [0.2, 0.25) is 0 Å². The SMILES string of the molecule is CC1(C)CCC(C)(C)c2cc(N(c3ccc(-c4ccccc4)cc3)c3ccc4c(c3)C3(c5c(-c6ccccc6)cccc5-4)C4CC5CC(C4)CC3C5)ccc21.